The first-order chi connectivity index (χ1) is 7.08. The second kappa shape index (κ2) is 3.97. The van der Waals surface area contributed by atoms with Crippen molar-refractivity contribution in [2.24, 2.45) is 0 Å². The van der Waals surface area contributed by atoms with Gasteiger partial charge < -0.3 is 4.90 Å². The first-order valence-corrected chi connectivity index (χ1v) is 6.01. The van der Waals surface area contributed by atoms with Gasteiger partial charge in [-0.1, -0.05) is 22.0 Å². The molecule has 15 heavy (non-hydrogen) atoms. The molecule has 0 spiro atoms. The molecule has 1 aromatic rings. The van der Waals surface area contributed by atoms with E-state index in [1.54, 1.807) is 0 Å². The Hall–Kier alpha value is -0.830. The average molecular weight is 268 g/mol. The SMILES string of the molecule is Cc1ccc(N2CC(Br)CC2=O)cc1C. The number of carbonyl (C=O) groups is 1. The maximum Gasteiger partial charge on any atom is 0.228 e. The lowest BCUT2D eigenvalue weighted by atomic mass is 10.1. The normalized spacial score (nSPS) is 21.1. The molecule has 0 radical (unpaired) electrons. The third kappa shape index (κ3) is 2.07. The molecule has 2 rings (SSSR count). The summed E-state index contributed by atoms with van der Waals surface area (Å²) in [6, 6.07) is 6.17. The second-order valence-corrected chi connectivity index (χ2v) is 5.37. The maximum atomic E-state index is 11.7. The molecule has 0 bridgehead atoms. The van der Waals surface area contributed by atoms with Crippen LogP contribution in [-0.4, -0.2) is 17.3 Å². The molecule has 0 saturated carbocycles. The number of alkyl halides is 1. The van der Waals surface area contributed by atoms with E-state index in [9.17, 15) is 4.79 Å². The van der Waals surface area contributed by atoms with Crippen LogP contribution >= 0.6 is 15.9 Å². The molecule has 1 heterocycles. The summed E-state index contributed by atoms with van der Waals surface area (Å²) in [4.78, 5) is 13.8. The highest BCUT2D eigenvalue weighted by atomic mass is 79.9. The molecule has 3 heteroatoms. The van der Waals surface area contributed by atoms with Crippen LogP contribution in [0, 0.1) is 13.8 Å². The number of rotatable bonds is 1. The predicted molar refractivity (Wildman–Crippen MR) is 65.6 cm³/mol. The Morgan fingerprint density at radius 2 is 2.07 bits per heavy atom. The van der Waals surface area contributed by atoms with Gasteiger partial charge in [0.15, 0.2) is 0 Å². The molecule has 80 valence electrons. The van der Waals surface area contributed by atoms with Crippen molar-refractivity contribution in [1.82, 2.24) is 0 Å². The van der Waals surface area contributed by atoms with Gasteiger partial charge in [-0.3, -0.25) is 4.79 Å². The third-order valence-electron chi connectivity index (χ3n) is 2.88. The fourth-order valence-electron chi connectivity index (χ4n) is 1.81. The van der Waals surface area contributed by atoms with Crippen LogP contribution in [0.1, 0.15) is 17.5 Å². The average Bonchev–Trinajstić information content (AvgIpc) is 2.50. The number of aryl methyl sites for hydroxylation is 2. The van der Waals surface area contributed by atoms with E-state index in [4.69, 9.17) is 0 Å². The Labute approximate surface area is 98.4 Å². The lowest BCUT2D eigenvalue weighted by Gasteiger charge is -2.17. The van der Waals surface area contributed by atoms with Gasteiger partial charge in [-0.25, -0.2) is 0 Å². The summed E-state index contributed by atoms with van der Waals surface area (Å²) in [5.41, 5.74) is 3.52. The summed E-state index contributed by atoms with van der Waals surface area (Å²) in [5.74, 6) is 0.208. The first-order valence-electron chi connectivity index (χ1n) is 5.09. The summed E-state index contributed by atoms with van der Waals surface area (Å²) in [6.45, 7) is 4.94. The molecular formula is C12H14BrNO. The number of carbonyl (C=O) groups excluding carboxylic acids is 1. The number of amides is 1. The minimum Gasteiger partial charge on any atom is -0.311 e. The minimum atomic E-state index is 0.208. The van der Waals surface area contributed by atoms with E-state index in [0.717, 1.165) is 12.2 Å². The van der Waals surface area contributed by atoms with Gasteiger partial charge in [-0.2, -0.15) is 0 Å². The topological polar surface area (TPSA) is 20.3 Å². The van der Waals surface area contributed by atoms with Gasteiger partial charge in [-0.15, -0.1) is 0 Å². The highest BCUT2D eigenvalue weighted by Gasteiger charge is 2.28. The van der Waals surface area contributed by atoms with Crippen LogP contribution in [0.5, 0.6) is 0 Å². The molecular weight excluding hydrogens is 254 g/mol. The molecule has 1 fully saturated rings. The van der Waals surface area contributed by atoms with Crippen molar-refractivity contribution in [3.63, 3.8) is 0 Å². The number of hydrogen-bond donors (Lipinski definition) is 0. The zero-order valence-corrected chi connectivity index (χ0v) is 10.5. The van der Waals surface area contributed by atoms with Gasteiger partial charge >= 0.3 is 0 Å². The van der Waals surface area contributed by atoms with E-state index < -0.39 is 0 Å². The van der Waals surface area contributed by atoms with E-state index in [-0.39, 0.29) is 5.91 Å². The van der Waals surface area contributed by atoms with Crippen LogP contribution in [0.4, 0.5) is 5.69 Å². The molecule has 1 amide bonds. The highest BCUT2D eigenvalue weighted by Crippen LogP contribution is 2.26. The zero-order valence-electron chi connectivity index (χ0n) is 8.96. The number of nitrogens with zero attached hydrogens (tertiary/aromatic N) is 1. The van der Waals surface area contributed by atoms with Gasteiger partial charge in [0.25, 0.3) is 0 Å². The Morgan fingerprint density at radius 3 is 2.60 bits per heavy atom. The summed E-state index contributed by atoms with van der Waals surface area (Å²) < 4.78 is 0. The molecule has 0 N–H and O–H groups in total. The molecule has 1 aromatic carbocycles. The van der Waals surface area contributed by atoms with Gasteiger partial charge in [-0.05, 0) is 37.1 Å². The van der Waals surface area contributed by atoms with E-state index in [0.29, 0.717) is 11.2 Å². The lowest BCUT2D eigenvalue weighted by Crippen LogP contribution is -2.24. The van der Waals surface area contributed by atoms with Crippen molar-refractivity contribution in [2.75, 3.05) is 11.4 Å². The Bertz CT molecular complexity index is 403. The van der Waals surface area contributed by atoms with E-state index >= 15 is 0 Å². The monoisotopic (exact) mass is 267 g/mol. The summed E-state index contributed by atoms with van der Waals surface area (Å²) >= 11 is 3.49. The van der Waals surface area contributed by atoms with Gasteiger partial charge in [0.1, 0.15) is 0 Å². The fraction of sp³-hybridized carbons (Fsp3) is 0.417. The molecule has 1 unspecified atom stereocenters. The van der Waals surface area contributed by atoms with E-state index in [1.165, 1.54) is 11.1 Å². The molecule has 1 aliphatic rings. The van der Waals surface area contributed by atoms with Crippen molar-refractivity contribution >= 4 is 27.5 Å². The zero-order chi connectivity index (χ0) is 11.0. The van der Waals surface area contributed by atoms with Crippen molar-refractivity contribution in [3.05, 3.63) is 29.3 Å². The maximum absolute atomic E-state index is 11.7. The smallest absolute Gasteiger partial charge is 0.228 e. The summed E-state index contributed by atoms with van der Waals surface area (Å²) in [7, 11) is 0. The van der Waals surface area contributed by atoms with Crippen LogP contribution in [0.3, 0.4) is 0 Å². The number of anilines is 1. The third-order valence-corrected chi connectivity index (χ3v) is 3.49. The van der Waals surface area contributed by atoms with Crippen molar-refractivity contribution in [3.8, 4) is 0 Å². The quantitative estimate of drug-likeness (QED) is 0.717. The minimum absolute atomic E-state index is 0.208. The second-order valence-electron chi connectivity index (χ2n) is 4.07. The summed E-state index contributed by atoms with van der Waals surface area (Å²) in [5, 5.41) is 0. The number of benzene rings is 1. The largest absolute Gasteiger partial charge is 0.311 e. The molecule has 1 atom stereocenters. The Morgan fingerprint density at radius 1 is 1.33 bits per heavy atom. The van der Waals surface area contributed by atoms with E-state index in [1.807, 2.05) is 11.0 Å². The lowest BCUT2D eigenvalue weighted by molar-refractivity contribution is -0.117. The molecule has 2 nitrogen and oxygen atoms in total. The van der Waals surface area contributed by atoms with Crippen molar-refractivity contribution in [2.45, 2.75) is 25.1 Å². The number of hydrogen-bond acceptors (Lipinski definition) is 1. The van der Waals surface area contributed by atoms with Crippen molar-refractivity contribution in [1.29, 1.82) is 0 Å². The fourth-order valence-corrected chi connectivity index (χ4v) is 2.37. The highest BCUT2D eigenvalue weighted by molar-refractivity contribution is 9.09. The Balaban J connectivity index is 2.30. The molecule has 0 aromatic heterocycles. The predicted octanol–water partition coefficient (Wildman–Crippen LogP) is 2.80. The number of halogens is 1. The standard InChI is InChI=1S/C12H14BrNO/c1-8-3-4-11(5-9(8)2)14-7-10(13)6-12(14)15/h3-5,10H,6-7H2,1-2H3. The van der Waals surface area contributed by atoms with Crippen LogP contribution in [0.2, 0.25) is 0 Å². The van der Waals surface area contributed by atoms with E-state index in [2.05, 4.69) is 41.9 Å². The molecule has 1 saturated heterocycles. The van der Waals surface area contributed by atoms with Gasteiger partial charge in [0.2, 0.25) is 5.91 Å². The summed E-state index contributed by atoms with van der Waals surface area (Å²) in [6.07, 6.45) is 0.604. The van der Waals surface area contributed by atoms with Crippen molar-refractivity contribution < 1.29 is 4.79 Å². The van der Waals surface area contributed by atoms with Crippen LogP contribution < -0.4 is 4.90 Å². The van der Waals surface area contributed by atoms with Gasteiger partial charge in [0, 0.05) is 23.5 Å². The Kier molecular flexibility index (Phi) is 2.83. The van der Waals surface area contributed by atoms with Crippen LogP contribution in [0.15, 0.2) is 18.2 Å². The first kappa shape index (κ1) is 10.7. The van der Waals surface area contributed by atoms with Crippen LogP contribution in [0.25, 0.3) is 0 Å². The van der Waals surface area contributed by atoms with Crippen LogP contribution in [-0.2, 0) is 4.79 Å². The van der Waals surface area contributed by atoms with Gasteiger partial charge in [0.05, 0.1) is 0 Å². The molecule has 1 aliphatic heterocycles. The molecule has 0 aliphatic carbocycles.